The Bertz CT molecular complexity index is 742. The van der Waals surface area contributed by atoms with Gasteiger partial charge in [0.1, 0.15) is 23.3 Å². The average Bonchev–Trinajstić information content (AvgIpc) is 2.96. The van der Waals surface area contributed by atoms with Gasteiger partial charge in [0.05, 0.1) is 17.7 Å². The van der Waals surface area contributed by atoms with Crippen molar-refractivity contribution in [3.05, 3.63) is 29.3 Å². The molecule has 6 heteroatoms. The minimum absolute atomic E-state index is 0.378. The smallest absolute Gasteiger partial charge is 0.207 e. The Morgan fingerprint density at radius 2 is 2.17 bits per heavy atom. The lowest BCUT2D eigenvalue weighted by molar-refractivity contribution is -0.0802. The molecule has 2 atom stereocenters. The molecule has 0 amide bonds. The fraction of sp³-hybridized carbons (Fsp3) is 0.471. The summed E-state index contributed by atoms with van der Waals surface area (Å²) in [6.07, 6.45) is 2.64. The van der Waals surface area contributed by atoms with Gasteiger partial charge in [0.2, 0.25) is 6.19 Å². The lowest BCUT2D eigenvalue weighted by atomic mass is 9.85. The molecule has 2 aliphatic rings. The summed E-state index contributed by atoms with van der Waals surface area (Å²) >= 11 is 0. The van der Waals surface area contributed by atoms with Gasteiger partial charge in [-0.15, -0.1) is 0 Å². The summed E-state index contributed by atoms with van der Waals surface area (Å²) in [6, 6.07) is 6.97. The number of aliphatic hydroxyl groups excluding tert-OH is 1. The number of benzene rings is 1. The van der Waals surface area contributed by atoms with E-state index >= 15 is 0 Å². The van der Waals surface area contributed by atoms with Crippen LogP contribution in [0.2, 0.25) is 0 Å². The highest BCUT2D eigenvalue weighted by Gasteiger charge is 2.47. The molecule has 118 valence electrons. The van der Waals surface area contributed by atoms with Crippen LogP contribution < -0.4 is 4.74 Å². The molecule has 3 rings (SSSR count). The number of hydrogen-bond donors (Lipinski definition) is 1. The summed E-state index contributed by atoms with van der Waals surface area (Å²) in [4.78, 5) is 5.88. The zero-order valence-corrected chi connectivity index (χ0v) is 13.2. The lowest BCUT2D eigenvalue weighted by Crippen LogP contribution is -2.53. The molecule has 0 bridgehead atoms. The minimum Gasteiger partial charge on any atom is -0.485 e. The van der Waals surface area contributed by atoms with E-state index in [-0.39, 0.29) is 6.04 Å². The lowest BCUT2D eigenvalue weighted by Gasteiger charge is -2.45. The Morgan fingerprint density at radius 3 is 2.87 bits per heavy atom. The van der Waals surface area contributed by atoms with Crippen molar-refractivity contribution in [2.24, 2.45) is 4.99 Å². The zero-order valence-electron chi connectivity index (χ0n) is 13.2. The maximum Gasteiger partial charge on any atom is 0.207 e. The van der Waals surface area contributed by atoms with Crippen LogP contribution in [0.5, 0.6) is 5.75 Å². The molecule has 23 heavy (non-hydrogen) atoms. The van der Waals surface area contributed by atoms with Gasteiger partial charge in [-0.25, -0.2) is 0 Å². The van der Waals surface area contributed by atoms with Crippen LogP contribution in [-0.4, -0.2) is 34.1 Å². The number of likely N-dealkylation sites (tertiary alicyclic amines) is 1. The minimum atomic E-state index is -0.800. The predicted octanol–water partition coefficient (Wildman–Crippen LogP) is 2.11. The van der Waals surface area contributed by atoms with Gasteiger partial charge in [-0.1, -0.05) is 0 Å². The van der Waals surface area contributed by atoms with E-state index < -0.39 is 11.7 Å². The Labute approximate surface area is 135 Å². The number of nitriles is 2. The maximum atomic E-state index is 10.9. The number of ether oxygens (including phenoxy) is 1. The third kappa shape index (κ3) is 2.52. The zero-order chi connectivity index (χ0) is 16.6. The van der Waals surface area contributed by atoms with Crippen LogP contribution in [0.1, 0.15) is 43.9 Å². The van der Waals surface area contributed by atoms with Gasteiger partial charge in [-0.2, -0.15) is 15.5 Å². The first-order valence-corrected chi connectivity index (χ1v) is 7.61. The van der Waals surface area contributed by atoms with Gasteiger partial charge in [0.25, 0.3) is 0 Å². The summed E-state index contributed by atoms with van der Waals surface area (Å²) in [6.45, 7) is 4.39. The second kappa shape index (κ2) is 5.57. The summed E-state index contributed by atoms with van der Waals surface area (Å²) in [5.74, 6) is 1.34. The number of hydrogen-bond acceptors (Lipinski definition) is 5. The van der Waals surface area contributed by atoms with Crippen molar-refractivity contribution in [1.29, 1.82) is 10.5 Å². The van der Waals surface area contributed by atoms with E-state index in [0.29, 0.717) is 30.1 Å². The molecule has 0 saturated carbocycles. The van der Waals surface area contributed by atoms with Crippen LogP contribution in [0.15, 0.2) is 23.2 Å². The van der Waals surface area contributed by atoms with Crippen LogP contribution in [0, 0.1) is 22.8 Å². The first-order valence-electron chi connectivity index (χ1n) is 7.61. The Morgan fingerprint density at radius 1 is 1.39 bits per heavy atom. The summed E-state index contributed by atoms with van der Waals surface area (Å²) < 4.78 is 5.93. The summed E-state index contributed by atoms with van der Waals surface area (Å²) in [5, 5.41) is 28.9. The highest BCUT2D eigenvalue weighted by atomic mass is 16.5. The molecular formula is C17H18N4O2. The average molecular weight is 310 g/mol. The third-order valence-corrected chi connectivity index (χ3v) is 4.49. The van der Waals surface area contributed by atoms with Gasteiger partial charge in [0, 0.05) is 18.5 Å². The van der Waals surface area contributed by atoms with Crippen molar-refractivity contribution < 1.29 is 9.84 Å². The number of amidine groups is 1. The number of aliphatic imine (C=N–C) groups is 1. The molecule has 0 aromatic heterocycles. The van der Waals surface area contributed by atoms with Crippen molar-refractivity contribution in [2.75, 3.05) is 6.54 Å². The van der Waals surface area contributed by atoms with Gasteiger partial charge >= 0.3 is 0 Å². The second-order valence-corrected chi connectivity index (χ2v) is 6.38. The summed E-state index contributed by atoms with van der Waals surface area (Å²) in [5.41, 5.74) is 0.511. The first-order chi connectivity index (χ1) is 11.0. The van der Waals surface area contributed by atoms with Crippen LogP contribution in [0.25, 0.3) is 0 Å². The van der Waals surface area contributed by atoms with Crippen molar-refractivity contribution >= 4 is 5.84 Å². The van der Waals surface area contributed by atoms with Crippen LogP contribution in [0.4, 0.5) is 0 Å². The molecule has 1 N–H and O–H groups in total. The van der Waals surface area contributed by atoms with E-state index in [1.165, 1.54) is 0 Å². The van der Waals surface area contributed by atoms with Crippen LogP contribution in [0.3, 0.4) is 0 Å². The highest BCUT2D eigenvalue weighted by Crippen LogP contribution is 2.44. The standard InChI is InChI=1S/C17H18N4O2/c1-17(2)16(22)15(21-7-3-4-14(21)20-10-19)12-8-11(9-18)5-6-13(12)23-17/h5-6,8,15-16,22H,3-4,7H2,1-2H3/t15-,16+/m0/s1. The van der Waals surface area contributed by atoms with E-state index in [9.17, 15) is 5.11 Å². The fourth-order valence-electron chi connectivity index (χ4n) is 3.33. The molecule has 0 aliphatic carbocycles. The highest BCUT2D eigenvalue weighted by molar-refractivity contribution is 5.85. The molecule has 1 fully saturated rings. The third-order valence-electron chi connectivity index (χ3n) is 4.49. The van der Waals surface area contributed by atoms with E-state index in [1.54, 1.807) is 18.2 Å². The number of fused-ring (bicyclic) bond motifs is 1. The fourth-order valence-corrected chi connectivity index (χ4v) is 3.33. The molecule has 1 aromatic rings. The van der Waals surface area contributed by atoms with Crippen LogP contribution >= 0.6 is 0 Å². The van der Waals surface area contributed by atoms with Crippen molar-refractivity contribution in [1.82, 2.24) is 4.90 Å². The van der Waals surface area contributed by atoms with E-state index in [4.69, 9.17) is 15.3 Å². The predicted molar refractivity (Wildman–Crippen MR) is 83.6 cm³/mol. The van der Waals surface area contributed by atoms with Crippen molar-refractivity contribution in [3.8, 4) is 18.0 Å². The number of nitrogens with zero attached hydrogens (tertiary/aromatic N) is 4. The Hall–Kier alpha value is -2.57. The van der Waals surface area contributed by atoms with Crippen molar-refractivity contribution in [3.63, 3.8) is 0 Å². The Kier molecular flexibility index (Phi) is 3.71. The van der Waals surface area contributed by atoms with Gasteiger partial charge < -0.3 is 14.7 Å². The molecule has 2 heterocycles. The normalized spacial score (nSPS) is 27.0. The van der Waals surface area contributed by atoms with Crippen molar-refractivity contribution in [2.45, 2.75) is 44.4 Å². The molecule has 2 aliphatic heterocycles. The monoisotopic (exact) mass is 310 g/mol. The Balaban J connectivity index is 2.13. The maximum absolute atomic E-state index is 10.9. The molecular weight excluding hydrogens is 292 g/mol. The van der Waals surface area contributed by atoms with Gasteiger partial charge in [-0.05, 0) is 38.5 Å². The SMILES string of the molecule is CC1(C)Oc2ccc(C#N)cc2[C@H](N2CCCC2=NC#N)[C@H]1O. The van der Waals surface area contributed by atoms with E-state index in [2.05, 4.69) is 11.1 Å². The topological polar surface area (TPSA) is 92.6 Å². The first kappa shape index (κ1) is 15.3. The molecule has 1 aromatic carbocycles. The quantitative estimate of drug-likeness (QED) is 0.802. The number of aliphatic hydroxyl groups is 1. The van der Waals surface area contributed by atoms with E-state index in [0.717, 1.165) is 12.0 Å². The molecule has 0 spiro atoms. The molecule has 1 saturated heterocycles. The molecule has 0 radical (unpaired) electrons. The van der Waals surface area contributed by atoms with Gasteiger partial charge in [-0.3, -0.25) is 0 Å². The van der Waals surface area contributed by atoms with Gasteiger partial charge in [0.15, 0.2) is 0 Å². The number of rotatable bonds is 1. The second-order valence-electron chi connectivity index (χ2n) is 6.38. The van der Waals surface area contributed by atoms with E-state index in [1.807, 2.05) is 24.9 Å². The largest absolute Gasteiger partial charge is 0.485 e. The van der Waals surface area contributed by atoms with Crippen LogP contribution in [-0.2, 0) is 0 Å². The summed E-state index contributed by atoms with van der Waals surface area (Å²) in [7, 11) is 0. The molecule has 0 unspecified atom stereocenters. The molecule has 6 nitrogen and oxygen atoms in total.